The number of H-pyrrole nitrogens is 1. The first-order valence-corrected chi connectivity index (χ1v) is 11.6. The quantitative estimate of drug-likeness (QED) is 0.385. The fraction of sp³-hybridized carbons (Fsp3) is 0.435. The van der Waals surface area contributed by atoms with Crippen LogP contribution in [0, 0.1) is 11.8 Å². The fourth-order valence-electron chi connectivity index (χ4n) is 4.45. The lowest BCUT2D eigenvalue weighted by atomic mass is 9.83. The van der Waals surface area contributed by atoms with E-state index >= 15 is 0 Å². The molecular weight excluding hydrogens is 460 g/mol. The van der Waals surface area contributed by atoms with Crippen LogP contribution in [0.5, 0.6) is 5.75 Å². The first-order valence-electron chi connectivity index (χ1n) is 11.2. The summed E-state index contributed by atoms with van der Waals surface area (Å²) in [6.45, 7) is 3.22. The number of ether oxygens (including phenoxy) is 2. The third-order valence-electron chi connectivity index (χ3n) is 6.20. The highest BCUT2D eigenvalue weighted by Gasteiger charge is 2.23. The van der Waals surface area contributed by atoms with Crippen LogP contribution in [-0.2, 0) is 11.3 Å². The van der Waals surface area contributed by atoms with Gasteiger partial charge in [0.05, 0.1) is 6.33 Å². The molecule has 0 spiro atoms. The van der Waals surface area contributed by atoms with E-state index < -0.39 is 5.76 Å². The van der Waals surface area contributed by atoms with Gasteiger partial charge in [0.25, 0.3) is 0 Å². The Morgan fingerprint density at radius 1 is 1.21 bits per heavy atom. The number of aromatic nitrogens is 6. The standard InChI is InChI=1S/C23H25ClN6O4/c1-13-3-5-14(6-4-13)10-30-11-25-20-19(30)18(26-21(27-20)22-28-23(31)34-29-22)15-7-16(24)9-17(8-15)33-12-32-2/h7-9,11,13-14H,3-6,10,12H2,1-2H3,(H,28,29,31). The van der Waals surface area contributed by atoms with Crippen molar-refractivity contribution >= 4 is 22.8 Å². The molecular formula is C23H25ClN6O4. The smallest absolute Gasteiger partial charge is 0.439 e. The number of aromatic amines is 1. The molecule has 5 rings (SSSR count). The second-order valence-electron chi connectivity index (χ2n) is 8.76. The highest BCUT2D eigenvalue weighted by Crippen LogP contribution is 2.35. The molecule has 3 aromatic heterocycles. The Kier molecular flexibility index (Phi) is 6.34. The Balaban J connectivity index is 1.63. The van der Waals surface area contributed by atoms with Crippen molar-refractivity contribution in [2.75, 3.05) is 13.9 Å². The van der Waals surface area contributed by atoms with Gasteiger partial charge in [-0.1, -0.05) is 36.5 Å². The lowest BCUT2D eigenvalue weighted by Gasteiger charge is -2.26. The van der Waals surface area contributed by atoms with Crippen molar-refractivity contribution in [2.24, 2.45) is 11.8 Å². The van der Waals surface area contributed by atoms with Crippen LogP contribution in [0.4, 0.5) is 0 Å². The van der Waals surface area contributed by atoms with E-state index in [1.807, 2.05) is 6.07 Å². The monoisotopic (exact) mass is 484 g/mol. The summed E-state index contributed by atoms with van der Waals surface area (Å²) in [4.78, 5) is 27.9. The van der Waals surface area contributed by atoms with Crippen molar-refractivity contribution in [3.05, 3.63) is 40.1 Å². The lowest BCUT2D eigenvalue weighted by molar-refractivity contribution is 0.0512. The third-order valence-corrected chi connectivity index (χ3v) is 6.42. The molecule has 0 bridgehead atoms. The van der Waals surface area contributed by atoms with Crippen LogP contribution in [0.1, 0.15) is 32.6 Å². The van der Waals surface area contributed by atoms with Crippen molar-refractivity contribution in [3.8, 4) is 28.7 Å². The van der Waals surface area contributed by atoms with Gasteiger partial charge in [-0.2, -0.15) is 0 Å². The zero-order chi connectivity index (χ0) is 23.7. The number of hydrogen-bond acceptors (Lipinski definition) is 8. The molecule has 0 saturated heterocycles. The van der Waals surface area contributed by atoms with Crippen LogP contribution in [-0.4, -0.2) is 43.6 Å². The molecule has 0 radical (unpaired) electrons. The first-order chi connectivity index (χ1) is 16.5. The van der Waals surface area contributed by atoms with Gasteiger partial charge in [-0.15, -0.1) is 0 Å². The average molecular weight is 485 g/mol. The number of rotatable bonds is 7. The van der Waals surface area contributed by atoms with E-state index in [-0.39, 0.29) is 18.4 Å². The van der Waals surface area contributed by atoms with E-state index in [1.165, 1.54) is 25.7 Å². The van der Waals surface area contributed by atoms with Crippen LogP contribution in [0.2, 0.25) is 5.02 Å². The molecule has 1 aliphatic rings. The number of imidazole rings is 1. The Labute approximate surface area is 200 Å². The predicted octanol–water partition coefficient (Wildman–Crippen LogP) is 4.30. The van der Waals surface area contributed by atoms with Gasteiger partial charge in [-0.05, 0) is 42.9 Å². The summed E-state index contributed by atoms with van der Waals surface area (Å²) >= 11 is 6.41. The van der Waals surface area contributed by atoms with E-state index in [1.54, 1.807) is 25.6 Å². The van der Waals surface area contributed by atoms with Crippen LogP contribution in [0.25, 0.3) is 34.1 Å². The number of nitrogens with one attached hydrogen (secondary N) is 1. The summed E-state index contributed by atoms with van der Waals surface area (Å²) in [5.41, 5.74) is 2.60. The van der Waals surface area contributed by atoms with Gasteiger partial charge in [0, 0.05) is 24.2 Å². The molecule has 1 aliphatic carbocycles. The van der Waals surface area contributed by atoms with Gasteiger partial charge in [0.2, 0.25) is 11.6 Å². The number of hydrogen-bond donors (Lipinski definition) is 1. The molecule has 0 atom stereocenters. The maximum absolute atomic E-state index is 11.5. The van der Waals surface area contributed by atoms with Gasteiger partial charge in [-0.25, -0.2) is 19.7 Å². The Morgan fingerprint density at radius 2 is 2.03 bits per heavy atom. The molecule has 0 unspecified atom stereocenters. The molecule has 34 heavy (non-hydrogen) atoms. The summed E-state index contributed by atoms with van der Waals surface area (Å²) in [6, 6.07) is 5.35. The number of fused-ring (bicyclic) bond motifs is 1. The minimum Gasteiger partial charge on any atom is -0.467 e. The van der Waals surface area contributed by atoms with E-state index in [9.17, 15) is 4.79 Å². The molecule has 1 N–H and O–H groups in total. The second-order valence-corrected chi connectivity index (χ2v) is 9.20. The van der Waals surface area contributed by atoms with Crippen molar-refractivity contribution in [3.63, 3.8) is 0 Å². The number of methoxy groups -OCH3 is 1. The molecule has 1 fully saturated rings. The Hall–Kier alpha value is -3.24. The van der Waals surface area contributed by atoms with Gasteiger partial charge < -0.3 is 14.0 Å². The summed E-state index contributed by atoms with van der Waals surface area (Å²) in [5.74, 6) is 1.52. The molecule has 10 nitrogen and oxygen atoms in total. The molecule has 0 amide bonds. The SMILES string of the molecule is COCOc1cc(Cl)cc(-c2nc(-c3noc(=O)[nH]3)nc3ncn(CC4CCC(C)CC4)c23)c1. The molecule has 0 aliphatic heterocycles. The van der Waals surface area contributed by atoms with E-state index in [0.29, 0.717) is 28.0 Å². The van der Waals surface area contributed by atoms with Gasteiger partial charge in [0.15, 0.2) is 12.4 Å². The maximum atomic E-state index is 11.5. The Morgan fingerprint density at radius 3 is 2.76 bits per heavy atom. The fourth-order valence-corrected chi connectivity index (χ4v) is 4.68. The normalized spacial score (nSPS) is 18.4. The minimum atomic E-state index is -0.685. The van der Waals surface area contributed by atoms with E-state index in [0.717, 1.165) is 23.5 Å². The van der Waals surface area contributed by atoms with Crippen LogP contribution >= 0.6 is 11.6 Å². The number of halogens is 1. The molecule has 3 heterocycles. The van der Waals surface area contributed by atoms with E-state index in [2.05, 4.69) is 36.1 Å². The summed E-state index contributed by atoms with van der Waals surface area (Å²) in [5, 5.41) is 4.23. The van der Waals surface area contributed by atoms with Crippen LogP contribution in [0.15, 0.2) is 33.8 Å². The first kappa shape index (κ1) is 22.5. The van der Waals surface area contributed by atoms with Crippen LogP contribution in [0.3, 0.4) is 0 Å². The van der Waals surface area contributed by atoms with Crippen LogP contribution < -0.4 is 10.5 Å². The molecule has 1 aromatic carbocycles. The van der Waals surface area contributed by atoms with Gasteiger partial charge in [-0.3, -0.25) is 9.51 Å². The highest BCUT2D eigenvalue weighted by molar-refractivity contribution is 6.31. The van der Waals surface area contributed by atoms with Crippen molar-refractivity contribution in [2.45, 2.75) is 39.2 Å². The highest BCUT2D eigenvalue weighted by atomic mass is 35.5. The topological polar surface area (TPSA) is 121 Å². The zero-order valence-corrected chi connectivity index (χ0v) is 19.7. The van der Waals surface area contributed by atoms with Gasteiger partial charge >= 0.3 is 5.76 Å². The van der Waals surface area contributed by atoms with Crippen molar-refractivity contribution < 1.29 is 14.0 Å². The molecule has 1 saturated carbocycles. The number of benzene rings is 1. The van der Waals surface area contributed by atoms with Crippen molar-refractivity contribution in [1.82, 2.24) is 29.7 Å². The largest absolute Gasteiger partial charge is 0.467 e. The zero-order valence-electron chi connectivity index (χ0n) is 19.0. The average Bonchev–Trinajstić information content (AvgIpc) is 3.44. The predicted molar refractivity (Wildman–Crippen MR) is 126 cm³/mol. The molecule has 11 heteroatoms. The van der Waals surface area contributed by atoms with Crippen molar-refractivity contribution in [1.29, 1.82) is 0 Å². The summed E-state index contributed by atoms with van der Waals surface area (Å²) in [6.07, 6.45) is 6.63. The van der Waals surface area contributed by atoms with Gasteiger partial charge in [0.1, 0.15) is 17.0 Å². The third kappa shape index (κ3) is 4.69. The lowest BCUT2D eigenvalue weighted by Crippen LogP contribution is -2.17. The van der Waals surface area contributed by atoms with E-state index in [4.69, 9.17) is 26.1 Å². The second kappa shape index (κ2) is 9.55. The molecule has 4 aromatic rings. The Bertz CT molecular complexity index is 1360. The molecule has 178 valence electrons. The number of nitrogens with zero attached hydrogens (tertiary/aromatic N) is 5. The summed E-state index contributed by atoms with van der Waals surface area (Å²) in [7, 11) is 1.55. The minimum absolute atomic E-state index is 0.0857. The summed E-state index contributed by atoms with van der Waals surface area (Å²) < 4.78 is 17.4. The maximum Gasteiger partial charge on any atom is 0.439 e.